The van der Waals surface area contributed by atoms with Gasteiger partial charge in [-0.25, -0.2) is 0 Å². The highest BCUT2D eigenvalue weighted by atomic mass is 35.5. The van der Waals surface area contributed by atoms with Gasteiger partial charge in [-0.3, -0.25) is 9.59 Å². The van der Waals surface area contributed by atoms with E-state index >= 15 is 0 Å². The minimum Gasteiger partial charge on any atom is -0.495 e. The summed E-state index contributed by atoms with van der Waals surface area (Å²) in [5.41, 5.74) is 2.27. The molecule has 0 aromatic heterocycles. The second kappa shape index (κ2) is 7.55. The standard InChI is InChI=1S/C17H16Cl2N2O3/c1-9-7-14(15(24-3)8-12(9)19)21-17(23)16(22)20-13-6-4-5-11(18)10(13)2/h4-8H,1-3H3,(H,20,22)(H,21,23). The fraction of sp³-hybridized carbons (Fsp3) is 0.176. The SMILES string of the molecule is COc1cc(Cl)c(C)cc1NC(=O)C(=O)Nc1cccc(Cl)c1C. The van der Waals surface area contributed by atoms with Crippen molar-refractivity contribution < 1.29 is 14.3 Å². The molecule has 0 saturated carbocycles. The average molecular weight is 367 g/mol. The van der Waals surface area contributed by atoms with Crippen LogP contribution in [0, 0.1) is 13.8 Å². The first-order valence-electron chi connectivity index (χ1n) is 7.05. The largest absolute Gasteiger partial charge is 0.495 e. The number of nitrogens with one attached hydrogen (secondary N) is 2. The smallest absolute Gasteiger partial charge is 0.314 e. The highest BCUT2D eigenvalue weighted by Crippen LogP contribution is 2.31. The lowest BCUT2D eigenvalue weighted by molar-refractivity contribution is -0.133. The maximum Gasteiger partial charge on any atom is 0.314 e. The van der Waals surface area contributed by atoms with E-state index in [1.54, 1.807) is 44.2 Å². The van der Waals surface area contributed by atoms with E-state index in [0.717, 1.165) is 5.56 Å². The normalized spacial score (nSPS) is 10.2. The molecule has 2 amide bonds. The van der Waals surface area contributed by atoms with Gasteiger partial charge >= 0.3 is 11.8 Å². The van der Waals surface area contributed by atoms with Crippen molar-refractivity contribution in [1.82, 2.24) is 0 Å². The summed E-state index contributed by atoms with van der Waals surface area (Å²) in [7, 11) is 1.45. The number of ether oxygens (including phenoxy) is 1. The molecule has 0 heterocycles. The molecule has 0 radical (unpaired) electrons. The number of halogens is 2. The molecule has 0 aliphatic carbocycles. The zero-order valence-electron chi connectivity index (χ0n) is 13.4. The van der Waals surface area contributed by atoms with Gasteiger partial charge in [-0.05, 0) is 43.2 Å². The van der Waals surface area contributed by atoms with E-state index in [-0.39, 0.29) is 0 Å². The predicted molar refractivity (Wildman–Crippen MR) is 96.2 cm³/mol. The first-order chi connectivity index (χ1) is 11.3. The second-order valence-corrected chi connectivity index (χ2v) is 5.94. The summed E-state index contributed by atoms with van der Waals surface area (Å²) in [5.74, 6) is -1.27. The molecule has 2 aromatic carbocycles. The van der Waals surface area contributed by atoms with Gasteiger partial charge in [0.2, 0.25) is 0 Å². The molecule has 0 fully saturated rings. The molecule has 0 unspecified atom stereocenters. The Hall–Kier alpha value is -2.24. The molecule has 7 heteroatoms. The van der Waals surface area contributed by atoms with Gasteiger partial charge in [0.05, 0.1) is 12.8 Å². The van der Waals surface area contributed by atoms with E-state index in [4.69, 9.17) is 27.9 Å². The van der Waals surface area contributed by atoms with Gasteiger partial charge in [-0.15, -0.1) is 0 Å². The Morgan fingerprint density at radius 3 is 2.21 bits per heavy atom. The maximum atomic E-state index is 12.1. The molecule has 126 valence electrons. The molecule has 24 heavy (non-hydrogen) atoms. The Kier molecular flexibility index (Phi) is 5.70. The van der Waals surface area contributed by atoms with Crippen LogP contribution >= 0.6 is 23.2 Å². The quantitative estimate of drug-likeness (QED) is 0.800. The zero-order chi connectivity index (χ0) is 17.9. The summed E-state index contributed by atoms with van der Waals surface area (Å²) in [6, 6.07) is 8.27. The minimum atomic E-state index is -0.825. The number of carbonyl (C=O) groups excluding carboxylic acids is 2. The number of carbonyl (C=O) groups is 2. The summed E-state index contributed by atoms with van der Waals surface area (Å²) in [4.78, 5) is 24.2. The van der Waals surface area contributed by atoms with Crippen LogP contribution in [-0.2, 0) is 9.59 Å². The molecule has 0 bridgehead atoms. The fourth-order valence-electron chi connectivity index (χ4n) is 2.03. The third-order valence-electron chi connectivity index (χ3n) is 3.45. The molecule has 0 aliphatic heterocycles. The van der Waals surface area contributed by atoms with Crippen molar-refractivity contribution in [2.75, 3.05) is 17.7 Å². The average Bonchev–Trinajstić information content (AvgIpc) is 2.54. The van der Waals surface area contributed by atoms with Crippen molar-refractivity contribution >= 4 is 46.4 Å². The Balaban J connectivity index is 2.16. The van der Waals surface area contributed by atoms with Crippen LogP contribution in [0.25, 0.3) is 0 Å². The Bertz CT molecular complexity index is 807. The molecule has 0 aliphatic rings. The third kappa shape index (κ3) is 3.99. The van der Waals surface area contributed by atoms with E-state index in [0.29, 0.717) is 32.7 Å². The minimum absolute atomic E-state index is 0.363. The van der Waals surface area contributed by atoms with E-state index < -0.39 is 11.8 Å². The van der Waals surface area contributed by atoms with Gasteiger partial charge < -0.3 is 15.4 Å². The molecular weight excluding hydrogens is 351 g/mol. The summed E-state index contributed by atoms with van der Waals surface area (Å²) in [6.45, 7) is 3.54. The lowest BCUT2D eigenvalue weighted by Gasteiger charge is -2.13. The van der Waals surface area contributed by atoms with Crippen molar-refractivity contribution in [3.63, 3.8) is 0 Å². The van der Waals surface area contributed by atoms with Crippen LogP contribution in [0.3, 0.4) is 0 Å². The van der Waals surface area contributed by atoms with E-state index in [1.165, 1.54) is 7.11 Å². The molecule has 2 rings (SSSR count). The van der Waals surface area contributed by atoms with Crippen molar-refractivity contribution in [3.8, 4) is 5.75 Å². The highest BCUT2D eigenvalue weighted by molar-refractivity contribution is 6.44. The summed E-state index contributed by atoms with van der Waals surface area (Å²) < 4.78 is 5.17. The van der Waals surface area contributed by atoms with Crippen molar-refractivity contribution in [3.05, 3.63) is 51.5 Å². The lowest BCUT2D eigenvalue weighted by atomic mass is 10.2. The predicted octanol–water partition coefficient (Wildman–Crippen LogP) is 4.20. The van der Waals surface area contributed by atoms with Gasteiger partial charge in [-0.2, -0.15) is 0 Å². The summed E-state index contributed by atoms with van der Waals surface area (Å²) >= 11 is 12.0. The van der Waals surface area contributed by atoms with Crippen LogP contribution in [0.4, 0.5) is 11.4 Å². The lowest BCUT2D eigenvalue weighted by Crippen LogP contribution is -2.29. The number of aryl methyl sites for hydroxylation is 1. The first-order valence-corrected chi connectivity index (χ1v) is 7.80. The summed E-state index contributed by atoms with van der Waals surface area (Å²) in [5, 5.41) is 6.05. The number of benzene rings is 2. The number of anilines is 2. The Morgan fingerprint density at radius 1 is 0.958 bits per heavy atom. The number of hydrogen-bond donors (Lipinski definition) is 2. The van der Waals surface area contributed by atoms with Crippen molar-refractivity contribution in [1.29, 1.82) is 0 Å². The first kappa shape index (κ1) is 18.1. The van der Waals surface area contributed by atoms with Crippen LogP contribution in [-0.4, -0.2) is 18.9 Å². The van der Waals surface area contributed by atoms with Crippen LogP contribution in [0.2, 0.25) is 10.0 Å². The highest BCUT2D eigenvalue weighted by Gasteiger charge is 2.18. The molecule has 2 aromatic rings. The van der Waals surface area contributed by atoms with Gasteiger partial charge in [0.15, 0.2) is 0 Å². The maximum absolute atomic E-state index is 12.1. The fourth-order valence-corrected chi connectivity index (χ4v) is 2.36. The molecular formula is C17H16Cl2N2O3. The van der Waals surface area contributed by atoms with Crippen LogP contribution in [0.5, 0.6) is 5.75 Å². The van der Waals surface area contributed by atoms with Gasteiger partial charge in [0.25, 0.3) is 0 Å². The third-order valence-corrected chi connectivity index (χ3v) is 4.27. The van der Waals surface area contributed by atoms with Gasteiger partial charge in [-0.1, -0.05) is 29.3 Å². The Labute approximate surface area is 149 Å². The molecule has 2 N–H and O–H groups in total. The zero-order valence-corrected chi connectivity index (χ0v) is 14.9. The van der Waals surface area contributed by atoms with E-state index in [2.05, 4.69) is 10.6 Å². The monoisotopic (exact) mass is 366 g/mol. The van der Waals surface area contributed by atoms with E-state index in [1.807, 2.05) is 0 Å². The number of methoxy groups -OCH3 is 1. The molecule has 0 saturated heterocycles. The van der Waals surface area contributed by atoms with Crippen LogP contribution < -0.4 is 15.4 Å². The van der Waals surface area contributed by atoms with Gasteiger partial charge in [0, 0.05) is 21.8 Å². The van der Waals surface area contributed by atoms with E-state index in [9.17, 15) is 9.59 Å². The van der Waals surface area contributed by atoms with Crippen molar-refractivity contribution in [2.24, 2.45) is 0 Å². The summed E-state index contributed by atoms with van der Waals surface area (Å²) in [6.07, 6.45) is 0. The number of rotatable bonds is 3. The topological polar surface area (TPSA) is 67.4 Å². The van der Waals surface area contributed by atoms with Crippen LogP contribution in [0.1, 0.15) is 11.1 Å². The number of hydrogen-bond acceptors (Lipinski definition) is 3. The Morgan fingerprint density at radius 2 is 1.58 bits per heavy atom. The molecule has 5 nitrogen and oxygen atoms in total. The van der Waals surface area contributed by atoms with Gasteiger partial charge in [0.1, 0.15) is 5.75 Å². The molecule has 0 spiro atoms. The van der Waals surface area contributed by atoms with Crippen molar-refractivity contribution in [2.45, 2.75) is 13.8 Å². The van der Waals surface area contributed by atoms with Crippen LogP contribution in [0.15, 0.2) is 30.3 Å². The number of amides is 2. The molecule has 0 atom stereocenters. The second-order valence-electron chi connectivity index (χ2n) is 5.12.